The number of thiophene rings is 1. The Morgan fingerprint density at radius 1 is 0.820 bits per heavy atom. The second-order valence-corrected chi connectivity index (χ2v) is 12.9. The van der Waals surface area contributed by atoms with Crippen LogP contribution in [0.2, 0.25) is 0 Å². The van der Waals surface area contributed by atoms with Crippen LogP contribution in [0, 0.1) is 0 Å². The fraction of sp³-hybridized carbons (Fsp3) is 0.270. The third kappa shape index (κ3) is 8.66. The number of rotatable bonds is 16. The topological polar surface area (TPSA) is 172 Å². The van der Waals surface area contributed by atoms with Crippen LogP contribution in [0.4, 0.5) is 0 Å². The number of imidazole rings is 1. The number of aromatic nitrogens is 2. The normalized spacial score (nSPS) is 13.7. The van der Waals surface area contributed by atoms with Crippen molar-refractivity contribution in [3.8, 4) is 11.5 Å². The first-order valence-electron chi connectivity index (χ1n) is 16.3. The molecule has 1 aliphatic rings. The van der Waals surface area contributed by atoms with Gasteiger partial charge in [-0.1, -0.05) is 60.7 Å². The van der Waals surface area contributed by atoms with Gasteiger partial charge in [0.25, 0.3) is 0 Å². The lowest BCUT2D eigenvalue weighted by Crippen LogP contribution is -2.57. The van der Waals surface area contributed by atoms with E-state index in [1.807, 2.05) is 78.2 Å². The number of H-pyrrole nitrogens is 1. The maximum absolute atomic E-state index is 14.1. The number of para-hydroxylation sites is 1. The van der Waals surface area contributed by atoms with Crippen LogP contribution in [0.3, 0.4) is 0 Å². The lowest BCUT2D eigenvalue weighted by atomic mass is 10.0. The maximum Gasteiger partial charge on any atom is 0.326 e. The highest BCUT2D eigenvalue weighted by Crippen LogP contribution is 2.36. The summed E-state index contributed by atoms with van der Waals surface area (Å²) in [7, 11) is 0. The molecule has 258 valence electrons. The van der Waals surface area contributed by atoms with Crippen molar-refractivity contribution in [2.24, 2.45) is 0 Å². The summed E-state index contributed by atoms with van der Waals surface area (Å²) >= 11 is 1.55. The summed E-state index contributed by atoms with van der Waals surface area (Å²) in [6.45, 7) is 0.158. The fourth-order valence-corrected chi connectivity index (χ4v) is 6.91. The Labute approximate surface area is 292 Å². The number of carboxylic acid groups (broad SMARTS) is 1. The van der Waals surface area contributed by atoms with Crippen LogP contribution >= 0.6 is 11.3 Å². The average Bonchev–Trinajstić information content (AvgIpc) is 3.90. The van der Waals surface area contributed by atoms with Crippen molar-refractivity contribution in [3.63, 3.8) is 0 Å². The van der Waals surface area contributed by atoms with Crippen LogP contribution in [0.5, 0.6) is 11.5 Å². The van der Waals surface area contributed by atoms with Gasteiger partial charge < -0.3 is 35.5 Å². The zero-order chi connectivity index (χ0) is 34.9. The van der Waals surface area contributed by atoms with E-state index in [1.165, 1.54) is 12.5 Å². The number of nitrogens with one attached hydrogen (secondary N) is 4. The molecule has 5 N–H and O–H groups in total. The number of aromatic amines is 1. The Hall–Kier alpha value is -5.69. The molecule has 0 radical (unpaired) electrons. The first-order chi connectivity index (χ1) is 24.3. The fourth-order valence-electron chi connectivity index (χ4n) is 5.93. The first kappa shape index (κ1) is 34.2. The summed E-state index contributed by atoms with van der Waals surface area (Å²) in [5.74, 6) is -1.40. The van der Waals surface area contributed by atoms with Crippen molar-refractivity contribution in [1.82, 2.24) is 25.9 Å². The summed E-state index contributed by atoms with van der Waals surface area (Å²) in [5, 5.41) is 21.2. The molecule has 0 unspecified atom stereocenters. The van der Waals surface area contributed by atoms with Gasteiger partial charge in [-0.3, -0.25) is 14.4 Å². The second-order valence-electron chi connectivity index (χ2n) is 12.0. The van der Waals surface area contributed by atoms with Gasteiger partial charge >= 0.3 is 5.97 Å². The number of carbonyl (C=O) groups is 4. The van der Waals surface area contributed by atoms with Crippen LogP contribution in [0.1, 0.15) is 35.2 Å². The minimum Gasteiger partial charge on any atom is -0.480 e. The number of ether oxygens (including phenoxy) is 2. The highest BCUT2D eigenvalue weighted by molar-refractivity contribution is 7.17. The number of aryl methyl sites for hydroxylation is 1. The van der Waals surface area contributed by atoms with Gasteiger partial charge in [0.15, 0.2) is 11.5 Å². The molecular weight excluding hydrogens is 659 g/mol. The van der Waals surface area contributed by atoms with Gasteiger partial charge in [-0.25, -0.2) is 9.78 Å². The minimum atomic E-state index is -1.27. The van der Waals surface area contributed by atoms with Crippen LogP contribution in [0.25, 0.3) is 10.1 Å². The number of carboxylic acids is 1. The number of hydrogen-bond donors (Lipinski definition) is 5. The van der Waals surface area contributed by atoms with Crippen molar-refractivity contribution in [2.45, 2.75) is 56.7 Å². The van der Waals surface area contributed by atoms with Crippen molar-refractivity contribution in [1.29, 1.82) is 0 Å². The number of hydrogen-bond acceptors (Lipinski definition) is 8. The minimum absolute atomic E-state index is 0.0259. The molecule has 1 aliphatic heterocycles. The zero-order valence-electron chi connectivity index (χ0n) is 27.1. The molecule has 3 aromatic carbocycles. The van der Waals surface area contributed by atoms with Crippen LogP contribution in [-0.4, -0.2) is 63.7 Å². The highest BCUT2D eigenvalue weighted by Gasteiger charge is 2.31. The molecule has 50 heavy (non-hydrogen) atoms. The van der Waals surface area contributed by atoms with Crippen LogP contribution < -0.4 is 25.4 Å². The van der Waals surface area contributed by atoms with Crippen molar-refractivity contribution >= 4 is 45.1 Å². The Morgan fingerprint density at radius 3 is 2.36 bits per heavy atom. The van der Waals surface area contributed by atoms with Crippen molar-refractivity contribution in [2.75, 3.05) is 6.79 Å². The van der Waals surface area contributed by atoms with Gasteiger partial charge in [0.1, 0.15) is 18.1 Å². The molecule has 3 heterocycles. The number of nitrogens with zero attached hydrogens (tertiary/aromatic N) is 1. The highest BCUT2D eigenvalue weighted by atomic mass is 32.1. The number of fused-ring (bicyclic) bond motifs is 2. The van der Waals surface area contributed by atoms with Gasteiger partial charge in [-0.15, -0.1) is 11.3 Å². The molecule has 3 amide bonds. The molecule has 3 atom stereocenters. The summed E-state index contributed by atoms with van der Waals surface area (Å²) in [4.78, 5) is 60.0. The van der Waals surface area contributed by atoms with E-state index in [4.69, 9.17) is 9.47 Å². The smallest absolute Gasteiger partial charge is 0.326 e. The maximum atomic E-state index is 14.1. The lowest BCUT2D eigenvalue weighted by molar-refractivity contribution is -0.142. The van der Waals surface area contributed by atoms with E-state index in [0.717, 1.165) is 26.8 Å². The third-order valence-electron chi connectivity index (χ3n) is 8.47. The zero-order valence-corrected chi connectivity index (χ0v) is 27.9. The van der Waals surface area contributed by atoms with E-state index in [2.05, 4.69) is 25.9 Å². The Kier molecular flexibility index (Phi) is 11.0. The Bertz CT molecular complexity index is 1950. The van der Waals surface area contributed by atoms with E-state index >= 15 is 0 Å². The largest absolute Gasteiger partial charge is 0.480 e. The molecule has 6 rings (SSSR count). The van der Waals surface area contributed by atoms with Gasteiger partial charge in [-0.2, -0.15) is 0 Å². The summed E-state index contributed by atoms with van der Waals surface area (Å²) in [6, 6.07) is 19.2. The van der Waals surface area contributed by atoms with Crippen LogP contribution in [-0.2, 0) is 44.9 Å². The average molecular weight is 696 g/mol. The number of carbonyl (C=O) groups excluding carboxylic acids is 3. The predicted octanol–water partition coefficient (Wildman–Crippen LogP) is 3.94. The molecule has 0 saturated heterocycles. The summed E-state index contributed by atoms with van der Waals surface area (Å²) in [5.41, 5.74) is 3.12. The Balaban J connectivity index is 1.19. The van der Waals surface area contributed by atoms with Gasteiger partial charge in [0, 0.05) is 42.3 Å². The second kappa shape index (κ2) is 16.1. The van der Waals surface area contributed by atoms with E-state index in [1.54, 1.807) is 11.3 Å². The molecule has 0 fully saturated rings. The SMILES string of the molecule is O=C(CCCc1cccc2c1OCO2)N[C@@H](Cc1csc2ccccc12)C(=O)N[C@H](Cc1ccccc1)C(=O)N[C@@H](Cc1cnc[nH]1)C(=O)O. The summed E-state index contributed by atoms with van der Waals surface area (Å²) in [6.07, 6.45) is 4.42. The molecule has 13 heteroatoms. The Morgan fingerprint density at radius 2 is 1.58 bits per heavy atom. The molecule has 0 aliphatic carbocycles. The molecule has 0 spiro atoms. The molecule has 0 bridgehead atoms. The first-order valence-corrected chi connectivity index (χ1v) is 17.2. The van der Waals surface area contributed by atoms with Gasteiger partial charge in [0.2, 0.25) is 24.5 Å². The number of amides is 3. The third-order valence-corrected chi connectivity index (χ3v) is 9.49. The molecule has 0 saturated carbocycles. The monoisotopic (exact) mass is 695 g/mol. The van der Waals surface area contributed by atoms with Gasteiger partial charge in [-0.05, 0) is 52.4 Å². The molecule has 12 nitrogen and oxygen atoms in total. The van der Waals surface area contributed by atoms with Gasteiger partial charge in [0.05, 0.1) is 6.33 Å². The van der Waals surface area contributed by atoms with Crippen LogP contribution in [0.15, 0.2) is 90.7 Å². The van der Waals surface area contributed by atoms with E-state index in [0.29, 0.717) is 30.0 Å². The molecule has 2 aromatic heterocycles. The summed E-state index contributed by atoms with van der Waals surface area (Å²) < 4.78 is 12.1. The van der Waals surface area contributed by atoms with Crippen molar-refractivity contribution < 1.29 is 33.8 Å². The lowest BCUT2D eigenvalue weighted by Gasteiger charge is -2.25. The van der Waals surface area contributed by atoms with E-state index < -0.39 is 35.9 Å². The van der Waals surface area contributed by atoms with E-state index in [9.17, 15) is 24.3 Å². The predicted molar refractivity (Wildman–Crippen MR) is 187 cm³/mol. The molecule has 5 aromatic rings. The quantitative estimate of drug-likeness (QED) is 0.103. The standard InChI is InChI=1S/C37H37N5O7S/c43-33(15-7-11-24-10-6-13-31-34(24)49-22-48-31)40-29(17-25-20-50-32-14-5-4-12-27(25)32)36(45)41-28(16-23-8-2-1-3-9-23)35(44)42-30(37(46)47)18-26-19-38-21-39-26/h1-6,8-10,12-14,19-21,28-30H,7,11,15-18,22H2,(H,38,39)(H,40,43)(H,41,45)(H,42,44)(H,46,47)/t28-,29+,30+/m1/s1. The number of aliphatic carboxylic acids is 1. The van der Waals surface area contributed by atoms with Crippen molar-refractivity contribution in [3.05, 3.63) is 113 Å². The van der Waals surface area contributed by atoms with E-state index in [-0.39, 0.29) is 38.4 Å². The molecular formula is C37H37N5O7S. The number of benzene rings is 3.